The summed E-state index contributed by atoms with van der Waals surface area (Å²) in [5.41, 5.74) is 1.35. The summed E-state index contributed by atoms with van der Waals surface area (Å²) in [4.78, 5) is 31.5. The molecule has 2 N–H and O–H groups in total. The van der Waals surface area contributed by atoms with Crippen LogP contribution in [-0.4, -0.2) is 15.9 Å². The summed E-state index contributed by atoms with van der Waals surface area (Å²) in [5.74, 6) is -1.13. The molecule has 2 aromatic heterocycles. The van der Waals surface area contributed by atoms with E-state index in [1.807, 2.05) is 0 Å². The molecule has 0 aliphatic carbocycles. The molecule has 28 heavy (non-hydrogen) atoms. The summed E-state index contributed by atoms with van der Waals surface area (Å²) in [6, 6.07) is 7.24. The molecular weight excluding hydrogens is 383 g/mol. The molecule has 0 bridgehead atoms. The maximum absolute atomic E-state index is 14.1. The van der Waals surface area contributed by atoms with E-state index in [1.165, 1.54) is 6.20 Å². The number of rotatable bonds is 4. The van der Waals surface area contributed by atoms with Crippen LogP contribution in [0.3, 0.4) is 0 Å². The maximum atomic E-state index is 14.1. The van der Waals surface area contributed by atoms with Gasteiger partial charge in [-0.2, -0.15) is 5.26 Å². The van der Waals surface area contributed by atoms with Crippen molar-refractivity contribution in [3.05, 3.63) is 74.0 Å². The fourth-order valence-electron chi connectivity index (χ4n) is 3.03. The molecule has 0 saturated carbocycles. The molecule has 0 fully saturated rings. The molecule has 1 aromatic carbocycles. The first-order valence-corrected chi connectivity index (χ1v) is 8.84. The Morgan fingerprint density at radius 3 is 2.86 bits per heavy atom. The van der Waals surface area contributed by atoms with Crippen molar-refractivity contribution in [3.8, 4) is 6.07 Å². The molecule has 1 atom stereocenters. The van der Waals surface area contributed by atoms with Crippen LogP contribution >= 0.6 is 11.6 Å². The number of amides is 1. The number of aromatic amines is 1. The van der Waals surface area contributed by atoms with Crippen molar-refractivity contribution in [3.63, 3.8) is 0 Å². The topological polar surface area (TPSA) is 98.6 Å². The number of halogens is 2. The molecule has 0 radical (unpaired) electrons. The lowest BCUT2D eigenvalue weighted by atomic mass is 10.0. The van der Waals surface area contributed by atoms with E-state index in [1.54, 1.807) is 38.1 Å². The van der Waals surface area contributed by atoms with Gasteiger partial charge in [-0.15, -0.1) is 0 Å². The zero-order chi connectivity index (χ0) is 20.4. The van der Waals surface area contributed by atoms with Crippen molar-refractivity contribution in [1.82, 2.24) is 15.3 Å². The highest BCUT2D eigenvalue weighted by molar-refractivity contribution is 6.31. The number of pyridine rings is 2. The van der Waals surface area contributed by atoms with Crippen LogP contribution in [0.1, 0.15) is 35.3 Å². The summed E-state index contributed by atoms with van der Waals surface area (Å²) in [6.07, 6.45) is 1.06. The van der Waals surface area contributed by atoms with E-state index in [0.29, 0.717) is 21.7 Å². The summed E-state index contributed by atoms with van der Waals surface area (Å²) < 4.78 is 14.1. The number of nitriles is 1. The van der Waals surface area contributed by atoms with E-state index in [4.69, 9.17) is 16.9 Å². The van der Waals surface area contributed by atoms with Crippen LogP contribution in [-0.2, 0) is 11.2 Å². The van der Waals surface area contributed by atoms with Crippen molar-refractivity contribution in [2.75, 3.05) is 0 Å². The maximum Gasteiger partial charge on any atom is 0.252 e. The first-order valence-electron chi connectivity index (χ1n) is 8.46. The van der Waals surface area contributed by atoms with Crippen LogP contribution < -0.4 is 10.9 Å². The molecule has 6 nitrogen and oxygen atoms in total. The van der Waals surface area contributed by atoms with Gasteiger partial charge in [0.25, 0.3) is 5.56 Å². The smallest absolute Gasteiger partial charge is 0.252 e. The van der Waals surface area contributed by atoms with Gasteiger partial charge in [-0.25, -0.2) is 4.39 Å². The Morgan fingerprint density at radius 2 is 2.18 bits per heavy atom. The monoisotopic (exact) mass is 398 g/mol. The van der Waals surface area contributed by atoms with Crippen molar-refractivity contribution in [2.45, 2.75) is 26.3 Å². The predicted molar refractivity (Wildman–Crippen MR) is 103 cm³/mol. The van der Waals surface area contributed by atoms with E-state index >= 15 is 0 Å². The number of H-pyrrole nitrogens is 1. The van der Waals surface area contributed by atoms with Crippen LogP contribution in [0.4, 0.5) is 4.39 Å². The number of fused-ring (bicyclic) bond motifs is 1. The summed E-state index contributed by atoms with van der Waals surface area (Å²) in [6.45, 7) is 3.33. The normalized spacial score (nSPS) is 11.8. The third-order valence-corrected chi connectivity index (χ3v) is 4.72. The van der Waals surface area contributed by atoms with E-state index < -0.39 is 17.8 Å². The first kappa shape index (κ1) is 19.5. The van der Waals surface area contributed by atoms with Gasteiger partial charge in [0.05, 0.1) is 23.7 Å². The second kappa shape index (κ2) is 7.79. The van der Waals surface area contributed by atoms with Gasteiger partial charge in [-0.1, -0.05) is 11.6 Å². The molecule has 0 saturated heterocycles. The van der Waals surface area contributed by atoms with E-state index in [-0.39, 0.29) is 23.2 Å². The zero-order valence-electron chi connectivity index (χ0n) is 15.1. The number of nitrogens with one attached hydrogen (secondary N) is 2. The van der Waals surface area contributed by atoms with Crippen LogP contribution in [0.2, 0.25) is 5.02 Å². The van der Waals surface area contributed by atoms with Crippen LogP contribution in [0.15, 0.2) is 35.3 Å². The van der Waals surface area contributed by atoms with E-state index in [2.05, 4.69) is 15.3 Å². The highest BCUT2D eigenvalue weighted by atomic mass is 35.5. The number of hydrogen-bond donors (Lipinski definition) is 2. The van der Waals surface area contributed by atoms with E-state index in [9.17, 15) is 14.0 Å². The highest BCUT2D eigenvalue weighted by Gasteiger charge is 2.18. The molecule has 3 aromatic rings. The molecule has 0 spiro atoms. The second-order valence-corrected chi connectivity index (χ2v) is 6.85. The van der Waals surface area contributed by atoms with E-state index in [0.717, 1.165) is 11.5 Å². The number of benzene rings is 1. The average molecular weight is 399 g/mol. The zero-order valence-corrected chi connectivity index (χ0v) is 15.9. The van der Waals surface area contributed by atoms with Crippen LogP contribution in [0.5, 0.6) is 0 Å². The quantitative estimate of drug-likeness (QED) is 0.704. The molecule has 2 heterocycles. The summed E-state index contributed by atoms with van der Waals surface area (Å²) in [7, 11) is 0. The van der Waals surface area contributed by atoms with Crippen LogP contribution in [0, 0.1) is 24.1 Å². The van der Waals surface area contributed by atoms with Gasteiger partial charge >= 0.3 is 0 Å². The summed E-state index contributed by atoms with van der Waals surface area (Å²) in [5, 5.41) is 12.7. The minimum atomic E-state index is -0.727. The van der Waals surface area contributed by atoms with Gasteiger partial charge in [-0.05, 0) is 43.7 Å². The third kappa shape index (κ3) is 3.87. The Balaban J connectivity index is 1.83. The SMILES string of the molecule is Cc1c(CC(=O)N[C@H](C)c2ncc(C#N)cc2F)c(=O)[nH]c2ccc(Cl)cc12. The molecule has 3 rings (SSSR count). The first-order chi connectivity index (χ1) is 13.3. The van der Waals surface area contributed by atoms with Gasteiger partial charge in [0, 0.05) is 27.7 Å². The molecule has 0 aliphatic rings. The largest absolute Gasteiger partial charge is 0.348 e. The Morgan fingerprint density at radius 1 is 1.43 bits per heavy atom. The van der Waals surface area contributed by atoms with Crippen molar-refractivity contribution < 1.29 is 9.18 Å². The van der Waals surface area contributed by atoms with Gasteiger partial charge in [-0.3, -0.25) is 14.6 Å². The molecule has 142 valence electrons. The molecule has 0 aliphatic heterocycles. The number of aromatic nitrogens is 2. The molecule has 1 amide bonds. The molecule has 0 unspecified atom stereocenters. The average Bonchev–Trinajstić information content (AvgIpc) is 2.65. The van der Waals surface area contributed by atoms with Crippen molar-refractivity contribution in [1.29, 1.82) is 5.26 Å². The lowest BCUT2D eigenvalue weighted by Crippen LogP contribution is -2.31. The highest BCUT2D eigenvalue weighted by Crippen LogP contribution is 2.22. The minimum absolute atomic E-state index is 0.0169. The standard InChI is InChI=1S/C20H16ClFN4O2/c1-10-14-6-13(21)3-4-17(14)26-20(28)15(10)7-18(27)25-11(2)19-16(22)5-12(8-23)9-24-19/h3-6,9,11H,7H2,1-2H3,(H,25,27)(H,26,28)/t11-/m1/s1. The van der Waals surface area contributed by atoms with Crippen molar-refractivity contribution >= 4 is 28.4 Å². The Bertz CT molecular complexity index is 1180. The Hall–Kier alpha value is -3.24. The Kier molecular flexibility index (Phi) is 5.43. The third-order valence-electron chi connectivity index (χ3n) is 4.48. The predicted octanol–water partition coefficient (Wildman–Crippen LogP) is 3.32. The van der Waals surface area contributed by atoms with Crippen molar-refractivity contribution in [2.24, 2.45) is 0 Å². The number of carbonyl (C=O) groups excluding carboxylic acids is 1. The lowest BCUT2D eigenvalue weighted by Gasteiger charge is -2.15. The fourth-order valence-corrected chi connectivity index (χ4v) is 3.20. The number of hydrogen-bond acceptors (Lipinski definition) is 4. The second-order valence-electron chi connectivity index (χ2n) is 6.42. The lowest BCUT2D eigenvalue weighted by molar-refractivity contribution is -0.121. The summed E-state index contributed by atoms with van der Waals surface area (Å²) >= 11 is 6.03. The molecular formula is C20H16ClFN4O2. The Labute approximate surface area is 165 Å². The number of aryl methyl sites for hydroxylation is 1. The van der Waals surface area contributed by atoms with Gasteiger partial charge in [0.15, 0.2) is 0 Å². The minimum Gasteiger partial charge on any atom is -0.348 e. The van der Waals surface area contributed by atoms with Gasteiger partial charge in [0.2, 0.25) is 5.91 Å². The fraction of sp³-hybridized carbons (Fsp3) is 0.200. The number of nitrogens with zero attached hydrogens (tertiary/aromatic N) is 2. The van der Waals surface area contributed by atoms with Gasteiger partial charge < -0.3 is 10.3 Å². The van der Waals surface area contributed by atoms with Crippen LogP contribution in [0.25, 0.3) is 10.9 Å². The van der Waals surface area contributed by atoms with Gasteiger partial charge in [0.1, 0.15) is 11.9 Å². The molecule has 8 heteroatoms. The number of carbonyl (C=O) groups is 1.